The average molecular weight is 572 g/mol. The van der Waals surface area contributed by atoms with E-state index in [4.69, 9.17) is 9.47 Å². The summed E-state index contributed by atoms with van der Waals surface area (Å²) in [7, 11) is 0. The van der Waals surface area contributed by atoms with Crippen molar-refractivity contribution >= 4 is 5.91 Å². The van der Waals surface area contributed by atoms with E-state index in [9.17, 15) is 18.0 Å². The van der Waals surface area contributed by atoms with Gasteiger partial charge in [0, 0.05) is 49.7 Å². The quantitative estimate of drug-likeness (QED) is 0.434. The summed E-state index contributed by atoms with van der Waals surface area (Å²) in [4.78, 5) is 15.6. The van der Waals surface area contributed by atoms with Gasteiger partial charge in [0.15, 0.2) is 11.5 Å². The number of alkyl halides is 3. The van der Waals surface area contributed by atoms with Crippen LogP contribution in [0.2, 0.25) is 0 Å². The molecule has 2 N–H and O–H groups in total. The van der Waals surface area contributed by atoms with Crippen LogP contribution >= 0.6 is 0 Å². The molecule has 0 bridgehead atoms. The highest BCUT2D eigenvalue weighted by Crippen LogP contribution is 2.48. The topological polar surface area (TPSA) is 62.8 Å². The maximum absolute atomic E-state index is 14.1. The second-order valence-electron chi connectivity index (χ2n) is 10.4. The number of carbonyl (C=O) groups is 1. The highest BCUT2D eigenvalue weighted by Gasteiger charge is 2.53. The first kappa shape index (κ1) is 28.8. The molecule has 0 saturated carbocycles. The van der Waals surface area contributed by atoms with E-state index in [-0.39, 0.29) is 43.4 Å². The largest absolute Gasteiger partial charge is 1.00 e. The van der Waals surface area contributed by atoms with Crippen molar-refractivity contribution in [1.29, 1.82) is 0 Å². The number of halogens is 5. The fourth-order valence-corrected chi connectivity index (χ4v) is 6.76. The number of fused-ring (bicyclic) bond motifs is 4. The van der Waals surface area contributed by atoms with Gasteiger partial charge in [0.2, 0.25) is 12.7 Å². The predicted molar refractivity (Wildman–Crippen MR) is 127 cm³/mol. The maximum Gasteiger partial charge on any atom is 0.391 e. The minimum absolute atomic E-state index is 0. The van der Waals surface area contributed by atoms with E-state index < -0.39 is 30.0 Å². The lowest BCUT2D eigenvalue weighted by molar-refractivity contribution is -0.160. The molecular weight excluding hydrogens is 542 g/mol. The third-order valence-corrected chi connectivity index (χ3v) is 8.41. The molecule has 0 radical (unpaired) electrons. The lowest BCUT2D eigenvalue weighted by Gasteiger charge is -2.45. The van der Waals surface area contributed by atoms with E-state index in [0.717, 1.165) is 16.7 Å². The Bertz CT molecular complexity index is 1150. The van der Waals surface area contributed by atoms with Crippen LogP contribution in [0.1, 0.15) is 41.9 Å². The van der Waals surface area contributed by atoms with Crippen LogP contribution < -0.4 is 44.9 Å². The van der Waals surface area contributed by atoms with Crippen molar-refractivity contribution in [3.8, 4) is 11.5 Å². The zero-order chi connectivity index (χ0) is 24.9. The van der Waals surface area contributed by atoms with E-state index in [1.807, 2.05) is 42.5 Å². The Balaban J connectivity index is 0.00000168. The van der Waals surface area contributed by atoms with Crippen molar-refractivity contribution in [2.75, 3.05) is 33.0 Å². The molecule has 4 aliphatic rings. The van der Waals surface area contributed by atoms with Crippen LogP contribution in [0, 0.1) is 5.92 Å². The highest BCUT2D eigenvalue weighted by atomic mass is 35.5. The van der Waals surface area contributed by atoms with Crippen LogP contribution in [0.5, 0.6) is 11.5 Å². The zero-order valence-corrected chi connectivity index (χ0v) is 22.2. The van der Waals surface area contributed by atoms with Crippen LogP contribution in [0.4, 0.5) is 13.2 Å². The summed E-state index contributed by atoms with van der Waals surface area (Å²) < 4.78 is 52.3. The summed E-state index contributed by atoms with van der Waals surface area (Å²) in [5, 5.41) is 6.82. The zero-order valence-electron chi connectivity index (χ0n) is 20.7. The van der Waals surface area contributed by atoms with E-state index in [0.29, 0.717) is 57.1 Å². The number of likely N-dealkylation sites (tertiary alicyclic amines) is 1. The smallest absolute Gasteiger partial charge is 0.391 e. The fraction of sp³-hybridized carbons (Fsp3) is 0.519. The monoisotopic (exact) mass is 571 g/mol. The molecule has 6 rings (SSSR count). The number of benzene rings is 2. The molecule has 1 amide bonds. The van der Waals surface area contributed by atoms with Gasteiger partial charge in [0.25, 0.3) is 0 Å². The SMILES string of the molecule is O=C([C@@H]1CNC[C@]12CNCc1c2ccc2c1OCO2)N1CC[C@@H](c2ccccc2)C[C@H]1CC(F)(F)F.[Cl-].[Cl-]. The predicted octanol–water partition coefficient (Wildman–Crippen LogP) is -2.29. The Labute approximate surface area is 232 Å². The Morgan fingerprint density at radius 2 is 1.82 bits per heavy atom. The Kier molecular flexibility index (Phi) is 8.43. The number of ether oxygens (including phenoxy) is 2. The maximum atomic E-state index is 14.1. The van der Waals surface area contributed by atoms with Crippen molar-refractivity contribution < 1.29 is 52.3 Å². The van der Waals surface area contributed by atoms with E-state index in [1.165, 1.54) is 4.90 Å². The second-order valence-corrected chi connectivity index (χ2v) is 10.4. The van der Waals surface area contributed by atoms with Crippen molar-refractivity contribution in [3.05, 3.63) is 59.2 Å². The molecule has 2 aromatic rings. The summed E-state index contributed by atoms with van der Waals surface area (Å²) in [6, 6.07) is 12.7. The Hall–Kier alpha value is -2.20. The molecule has 208 valence electrons. The number of rotatable bonds is 3. The molecule has 38 heavy (non-hydrogen) atoms. The molecule has 0 unspecified atom stereocenters. The third-order valence-electron chi connectivity index (χ3n) is 8.41. The molecule has 11 heteroatoms. The minimum Gasteiger partial charge on any atom is -1.00 e. The van der Waals surface area contributed by atoms with Gasteiger partial charge in [0.1, 0.15) is 0 Å². The lowest BCUT2D eigenvalue weighted by atomic mass is 9.68. The first-order chi connectivity index (χ1) is 17.4. The molecule has 6 nitrogen and oxygen atoms in total. The summed E-state index contributed by atoms with van der Waals surface area (Å²) in [6.07, 6.45) is -4.35. The van der Waals surface area contributed by atoms with Crippen molar-refractivity contribution in [1.82, 2.24) is 15.5 Å². The van der Waals surface area contributed by atoms with Gasteiger partial charge in [-0.1, -0.05) is 36.4 Å². The number of nitrogens with one attached hydrogen (secondary N) is 2. The number of piperidine rings is 1. The second kappa shape index (κ2) is 11.1. The molecule has 4 heterocycles. The van der Waals surface area contributed by atoms with Crippen LogP contribution in [0.25, 0.3) is 0 Å². The molecule has 1 spiro atoms. The van der Waals surface area contributed by atoms with Crippen LogP contribution in [0.3, 0.4) is 0 Å². The van der Waals surface area contributed by atoms with Crippen molar-refractivity contribution in [3.63, 3.8) is 0 Å². The summed E-state index contributed by atoms with van der Waals surface area (Å²) in [6.45, 7) is 2.68. The van der Waals surface area contributed by atoms with Gasteiger partial charge in [-0.3, -0.25) is 4.79 Å². The molecule has 0 aromatic heterocycles. The fourth-order valence-electron chi connectivity index (χ4n) is 6.76. The average Bonchev–Trinajstić information content (AvgIpc) is 3.51. The van der Waals surface area contributed by atoms with Crippen LogP contribution in [-0.4, -0.2) is 56.0 Å². The van der Waals surface area contributed by atoms with Crippen LogP contribution in [0.15, 0.2) is 42.5 Å². The molecule has 0 aliphatic carbocycles. The number of nitrogens with zero attached hydrogens (tertiary/aromatic N) is 1. The van der Waals surface area contributed by atoms with Crippen LogP contribution in [-0.2, 0) is 16.8 Å². The molecule has 2 fully saturated rings. The van der Waals surface area contributed by atoms with Gasteiger partial charge in [-0.2, -0.15) is 13.2 Å². The number of carbonyl (C=O) groups excluding carboxylic acids is 1. The first-order valence-corrected chi connectivity index (χ1v) is 12.6. The summed E-state index contributed by atoms with van der Waals surface area (Å²) >= 11 is 0. The molecular formula is C27H30Cl2F3N3O3-2. The number of amides is 1. The van der Waals surface area contributed by atoms with Crippen molar-refractivity contribution in [2.24, 2.45) is 5.92 Å². The molecule has 4 atom stereocenters. The Morgan fingerprint density at radius 3 is 2.58 bits per heavy atom. The normalized spacial score (nSPS) is 27.9. The molecule has 2 saturated heterocycles. The standard InChI is InChI=1S/C27H30F3N3O3.2ClH/c28-27(29,30)11-19-10-18(17-4-2-1-3-5-17)8-9-33(19)25(34)22-13-32-15-26(22)14-31-12-20-21(26)6-7-23-24(20)36-16-35-23;;/h1-7,18-19,22,31-32H,8-16H2;2*1H/p-2/t18-,19+,22+,26+;;/m1../s1. The molecule has 4 aliphatic heterocycles. The first-order valence-electron chi connectivity index (χ1n) is 12.6. The minimum atomic E-state index is -4.34. The van der Waals surface area contributed by atoms with Gasteiger partial charge >= 0.3 is 6.18 Å². The summed E-state index contributed by atoms with van der Waals surface area (Å²) in [5.74, 6) is 0.752. The van der Waals surface area contributed by atoms with E-state index >= 15 is 0 Å². The van der Waals surface area contributed by atoms with Gasteiger partial charge in [-0.05, 0) is 36.0 Å². The number of hydrogen-bond donors (Lipinski definition) is 2. The summed E-state index contributed by atoms with van der Waals surface area (Å²) in [5.41, 5.74) is 2.50. The van der Waals surface area contributed by atoms with Crippen molar-refractivity contribution in [2.45, 2.75) is 49.4 Å². The third kappa shape index (κ3) is 5.06. The lowest BCUT2D eigenvalue weighted by Crippen LogP contribution is -3.00. The number of hydrogen-bond acceptors (Lipinski definition) is 5. The Morgan fingerprint density at radius 1 is 1.05 bits per heavy atom. The van der Waals surface area contributed by atoms with E-state index in [1.54, 1.807) is 0 Å². The van der Waals surface area contributed by atoms with Gasteiger partial charge in [-0.25, -0.2) is 0 Å². The van der Waals surface area contributed by atoms with E-state index in [2.05, 4.69) is 10.6 Å². The molecule has 2 aromatic carbocycles. The van der Waals surface area contributed by atoms with Gasteiger partial charge in [0.05, 0.1) is 12.3 Å². The van der Waals surface area contributed by atoms with Gasteiger partial charge < -0.3 is 49.8 Å². The highest BCUT2D eigenvalue weighted by molar-refractivity contribution is 5.82. The van der Waals surface area contributed by atoms with Gasteiger partial charge in [-0.15, -0.1) is 0 Å².